The molecular weight excluding hydrogens is 234 g/mol. The first kappa shape index (κ1) is 12.3. The zero-order valence-electron chi connectivity index (χ0n) is 9.87. The molecule has 0 bridgehead atoms. The largest absolute Gasteiger partial charge is 0.364 e. The van der Waals surface area contributed by atoms with Gasteiger partial charge in [0.25, 0.3) is 5.69 Å². The van der Waals surface area contributed by atoms with E-state index in [1.54, 1.807) is 18.2 Å². The maximum absolute atomic E-state index is 10.7. The van der Waals surface area contributed by atoms with E-state index in [1.165, 1.54) is 12.3 Å². The second-order valence-corrected chi connectivity index (χ2v) is 3.95. The fourth-order valence-corrected chi connectivity index (χ4v) is 1.61. The van der Waals surface area contributed by atoms with Crippen LogP contribution in [0.1, 0.15) is 24.2 Å². The van der Waals surface area contributed by atoms with Gasteiger partial charge in [-0.3, -0.25) is 10.1 Å². The van der Waals surface area contributed by atoms with Gasteiger partial charge in [-0.25, -0.2) is 0 Å². The number of hydrogen-bond acceptors (Lipinski definition) is 5. The molecule has 0 aliphatic heterocycles. The molecule has 1 aromatic heterocycles. The Morgan fingerprint density at radius 3 is 3.00 bits per heavy atom. The van der Waals surface area contributed by atoms with Crippen LogP contribution in [-0.2, 0) is 6.54 Å². The summed E-state index contributed by atoms with van der Waals surface area (Å²) in [6, 6.07) is 8.36. The van der Waals surface area contributed by atoms with Gasteiger partial charge in [0.2, 0.25) is 0 Å². The third-order valence-electron chi connectivity index (χ3n) is 2.66. The summed E-state index contributed by atoms with van der Waals surface area (Å²) in [4.78, 5) is 10.3. The van der Waals surface area contributed by atoms with Crippen LogP contribution in [0.3, 0.4) is 0 Å². The van der Waals surface area contributed by atoms with E-state index in [-0.39, 0.29) is 11.7 Å². The Hall–Kier alpha value is -2.21. The van der Waals surface area contributed by atoms with E-state index in [2.05, 4.69) is 10.5 Å². The highest BCUT2D eigenvalue weighted by Crippen LogP contribution is 2.19. The summed E-state index contributed by atoms with van der Waals surface area (Å²) in [7, 11) is 0. The van der Waals surface area contributed by atoms with Crippen LogP contribution in [-0.4, -0.2) is 10.1 Å². The predicted molar refractivity (Wildman–Crippen MR) is 64.9 cm³/mol. The summed E-state index contributed by atoms with van der Waals surface area (Å²) < 4.78 is 4.72. The van der Waals surface area contributed by atoms with Gasteiger partial charge in [-0.1, -0.05) is 17.3 Å². The van der Waals surface area contributed by atoms with Crippen molar-refractivity contribution in [2.75, 3.05) is 0 Å². The molecule has 0 spiro atoms. The molecule has 1 atom stereocenters. The summed E-state index contributed by atoms with van der Waals surface area (Å²) in [6.45, 7) is 2.50. The van der Waals surface area contributed by atoms with E-state index in [9.17, 15) is 10.1 Å². The average molecular weight is 247 g/mol. The van der Waals surface area contributed by atoms with Crippen molar-refractivity contribution in [1.82, 2.24) is 10.5 Å². The lowest BCUT2D eigenvalue weighted by atomic mass is 10.1. The van der Waals surface area contributed by atoms with E-state index in [4.69, 9.17) is 4.52 Å². The first-order valence-corrected chi connectivity index (χ1v) is 5.54. The van der Waals surface area contributed by atoms with Gasteiger partial charge in [0.1, 0.15) is 6.26 Å². The number of nitrogens with zero attached hydrogens (tertiary/aromatic N) is 2. The Kier molecular flexibility index (Phi) is 3.69. The molecule has 0 saturated heterocycles. The topological polar surface area (TPSA) is 81.2 Å². The van der Waals surface area contributed by atoms with Crippen molar-refractivity contribution in [3.63, 3.8) is 0 Å². The van der Waals surface area contributed by atoms with Crippen molar-refractivity contribution >= 4 is 5.69 Å². The number of rotatable bonds is 5. The smallest absolute Gasteiger partial charge is 0.269 e. The summed E-state index contributed by atoms with van der Waals surface area (Å²) in [5.41, 5.74) is 1.77. The second kappa shape index (κ2) is 5.42. The lowest BCUT2D eigenvalue weighted by molar-refractivity contribution is -0.384. The standard InChI is InChI=1S/C12H13N3O3/c1-9(13-8-11-5-6-18-14-11)10-3-2-4-12(7-10)15(16)17/h2-7,9,13H,8H2,1H3. The molecule has 0 aliphatic carbocycles. The zero-order chi connectivity index (χ0) is 13.0. The summed E-state index contributed by atoms with van der Waals surface area (Å²) in [5.74, 6) is 0. The lowest BCUT2D eigenvalue weighted by Gasteiger charge is -2.12. The van der Waals surface area contributed by atoms with Crippen molar-refractivity contribution < 1.29 is 9.45 Å². The number of non-ortho nitro benzene ring substituents is 1. The molecule has 1 N–H and O–H groups in total. The predicted octanol–water partition coefficient (Wildman–Crippen LogP) is 2.43. The number of nitro groups is 1. The summed E-state index contributed by atoms with van der Waals surface area (Å²) in [6.07, 6.45) is 1.51. The molecule has 2 aromatic rings. The first-order valence-electron chi connectivity index (χ1n) is 5.54. The molecule has 6 nitrogen and oxygen atoms in total. The van der Waals surface area contributed by atoms with Gasteiger partial charge in [-0.05, 0) is 12.5 Å². The van der Waals surface area contributed by atoms with Gasteiger partial charge in [0.05, 0.1) is 10.6 Å². The fourth-order valence-electron chi connectivity index (χ4n) is 1.61. The van der Waals surface area contributed by atoms with Gasteiger partial charge >= 0.3 is 0 Å². The highest BCUT2D eigenvalue weighted by molar-refractivity contribution is 5.35. The molecule has 1 unspecified atom stereocenters. The van der Waals surface area contributed by atoms with E-state index in [0.29, 0.717) is 6.54 Å². The van der Waals surface area contributed by atoms with Crippen molar-refractivity contribution in [2.24, 2.45) is 0 Å². The quantitative estimate of drug-likeness (QED) is 0.648. The molecule has 94 valence electrons. The normalized spacial score (nSPS) is 12.3. The lowest BCUT2D eigenvalue weighted by Crippen LogP contribution is -2.18. The monoisotopic (exact) mass is 247 g/mol. The average Bonchev–Trinajstić information content (AvgIpc) is 2.89. The van der Waals surface area contributed by atoms with E-state index >= 15 is 0 Å². The number of aromatic nitrogens is 1. The molecule has 0 radical (unpaired) electrons. The van der Waals surface area contributed by atoms with Crippen LogP contribution >= 0.6 is 0 Å². The Morgan fingerprint density at radius 1 is 1.50 bits per heavy atom. The Bertz CT molecular complexity index is 525. The zero-order valence-corrected chi connectivity index (χ0v) is 9.87. The molecule has 18 heavy (non-hydrogen) atoms. The Balaban J connectivity index is 2.02. The second-order valence-electron chi connectivity index (χ2n) is 3.95. The van der Waals surface area contributed by atoms with Crippen LogP contribution in [0.2, 0.25) is 0 Å². The first-order chi connectivity index (χ1) is 8.66. The van der Waals surface area contributed by atoms with Crippen LogP contribution in [0, 0.1) is 10.1 Å². The highest BCUT2D eigenvalue weighted by atomic mass is 16.6. The molecule has 1 aromatic carbocycles. The summed E-state index contributed by atoms with van der Waals surface area (Å²) in [5, 5.41) is 17.7. The van der Waals surface area contributed by atoms with Crippen molar-refractivity contribution in [3.8, 4) is 0 Å². The molecule has 0 aliphatic rings. The van der Waals surface area contributed by atoms with E-state index in [0.717, 1.165) is 11.3 Å². The molecule has 0 amide bonds. The minimum atomic E-state index is -0.395. The van der Waals surface area contributed by atoms with Crippen molar-refractivity contribution in [3.05, 3.63) is 58.0 Å². The minimum absolute atomic E-state index is 0.00148. The Morgan fingerprint density at radius 2 is 2.33 bits per heavy atom. The number of nitrogens with one attached hydrogen (secondary N) is 1. The number of hydrogen-bond donors (Lipinski definition) is 1. The third kappa shape index (κ3) is 2.92. The highest BCUT2D eigenvalue weighted by Gasteiger charge is 2.10. The molecule has 0 saturated carbocycles. The summed E-state index contributed by atoms with van der Waals surface area (Å²) >= 11 is 0. The van der Waals surface area contributed by atoms with Crippen LogP contribution in [0.25, 0.3) is 0 Å². The maximum atomic E-state index is 10.7. The SMILES string of the molecule is CC(NCc1ccon1)c1cccc([N+](=O)[O-])c1. The van der Waals surface area contributed by atoms with E-state index < -0.39 is 4.92 Å². The third-order valence-corrected chi connectivity index (χ3v) is 2.66. The van der Waals surface area contributed by atoms with Gasteiger partial charge in [-0.15, -0.1) is 0 Å². The fraction of sp³-hybridized carbons (Fsp3) is 0.250. The number of benzene rings is 1. The van der Waals surface area contributed by atoms with Crippen molar-refractivity contribution in [2.45, 2.75) is 19.5 Å². The van der Waals surface area contributed by atoms with Gasteiger partial charge in [-0.2, -0.15) is 0 Å². The molecule has 1 heterocycles. The minimum Gasteiger partial charge on any atom is -0.364 e. The van der Waals surface area contributed by atoms with Crippen LogP contribution in [0.15, 0.2) is 41.1 Å². The van der Waals surface area contributed by atoms with Gasteiger partial charge in [0, 0.05) is 30.8 Å². The van der Waals surface area contributed by atoms with Gasteiger partial charge in [0.15, 0.2) is 0 Å². The molecule has 6 heteroatoms. The van der Waals surface area contributed by atoms with Crippen LogP contribution in [0.5, 0.6) is 0 Å². The van der Waals surface area contributed by atoms with Crippen molar-refractivity contribution in [1.29, 1.82) is 0 Å². The molecule has 0 fully saturated rings. The van der Waals surface area contributed by atoms with Gasteiger partial charge < -0.3 is 9.84 Å². The maximum Gasteiger partial charge on any atom is 0.269 e. The Labute approximate surface area is 104 Å². The molecule has 2 rings (SSSR count). The van der Waals surface area contributed by atoms with Crippen LogP contribution < -0.4 is 5.32 Å². The number of nitro benzene ring substituents is 1. The van der Waals surface area contributed by atoms with Crippen LogP contribution in [0.4, 0.5) is 5.69 Å². The molecular formula is C12H13N3O3. The van der Waals surface area contributed by atoms with E-state index in [1.807, 2.05) is 13.0 Å².